The van der Waals surface area contributed by atoms with Gasteiger partial charge < -0.3 is 24.8 Å². The van der Waals surface area contributed by atoms with E-state index in [-0.39, 0.29) is 47.2 Å². The van der Waals surface area contributed by atoms with Gasteiger partial charge >= 0.3 is 0 Å². The molecule has 66 heavy (non-hydrogen) atoms. The number of ether oxygens (including phenoxy) is 1. The van der Waals surface area contributed by atoms with Crippen molar-refractivity contribution in [1.82, 2.24) is 40.2 Å². The first-order chi connectivity index (χ1) is 31.9. The quantitative estimate of drug-likeness (QED) is 0.122. The number of anilines is 2. The molecule has 15 nitrogen and oxygen atoms in total. The smallest absolute Gasteiger partial charge is 0.249 e. The molecule has 4 amide bonds. The second kappa shape index (κ2) is 18.1. The van der Waals surface area contributed by atoms with Gasteiger partial charge in [-0.05, 0) is 106 Å². The van der Waals surface area contributed by atoms with Gasteiger partial charge in [0.15, 0.2) is 0 Å². The highest BCUT2D eigenvalue weighted by Crippen LogP contribution is 2.43. The molecule has 2 atom stereocenters. The molecule has 18 heteroatoms. The predicted molar refractivity (Wildman–Crippen MR) is 248 cm³/mol. The van der Waals surface area contributed by atoms with E-state index in [1.165, 1.54) is 6.07 Å². The average Bonchev–Trinajstić information content (AvgIpc) is 3.70. The van der Waals surface area contributed by atoms with Crippen LogP contribution >= 0.6 is 23.2 Å². The van der Waals surface area contributed by atoms with Gasteiger partial charge in [0.1, 0.15) is 35.2 Å². The number of likely N-dealkylation sites (tertiary alicyclic amines) is 3. The Hall–Kier alpha value is -5.84. The van der Waals surface area contributed by atoms with Crippen LogP contribution in [0.2, 0.25) is 10.0 Å². The van der Waals surface area contributed by atoms with Crippen molar-refractivity contribution in [2.75, 3.05) is 69.1 Å². The van der Waals surface area contributed by atoms with Crippen molar-refractivity contribution in [2.45, 2.75) is 63.5 Å². The van der Waals surface area contributed by atoms with E-state index in [0.29, 0.717) is 84.6 Å². The number of aromatic nitrogens is 4. The lowest BCUT2D eigenvalue weighted by molar-refractivity contribution is -0.152. The van der Waals surface area contributed by atoms with Crippen LogP contribution in [-0.2, 0) is 19.2 Å². The number of benzene rings is 2. The van der Waals surface area contributed by atoms with E-state index >= 15 is 4.39 Å². The lowest BCUT2D eigenvalue weighted by Gasteiger charge is -2.61. The molecule has 3 aromatic heterocycles. The Labute approximate surface area is 391 Å². The zero-order chi connectivity index (χ0) is 45.7. The fourth-order valence-corrected chi connectivity index (χ4v) is 11.1. The van der Waals surface area contributed by atoms with Gasteiger partial charge in [-0.2, -0.15) is 5.10 Å². The third-order valence-corrected chi connectivity index (χ3v) is 14.7. The molecule has 2 aromatic carbocycles. The lowest BCUT2D eigenvalue weighted by atomic mass is 9.72. The van der Waals surface area contributed by atoms with Gasteiger partial charge in [-0.15, -0.1) is 0 Å². The number of rotatable bonds is 11. The lowest BCUT2D eigenvalue weighted by Crippen LogP contribution is -2.73. The average molecular weight is 938 g/mol. The summed E-state index contributed by atoms with van der Waals surface area (Å²) in [5.41, 5.74) is 4.42. The predicted octanol–water partition coefficient (Wildman–Crippen LogP) is 6.59. The summed E-state index contributed by atoms with van der Waals surface area (Å²) in [7, 11) is 0. The Balaban J connectivity index is 0.647. The normalized spacial score (nSPS) is 20.8. The van der Waals surface area contributed by atoms with Gasteiger partial charge in [0.05, 0.1) is 22.1 Å². The Bertz CT molecular complexity index is 2650. The molecular formula is C48H51Cl2FN10O5. The highest BCUT2D eigenvalue weighted by Gasteiger charge is 2.54. The van der Waals surface area contributed by atoms with Crippen molar-refractivity contribution in [3.63, 3.8) is 0 Å². The molecule has 5 aliphatic heterocycles. The van der Waals surface area contributed by atoms with Gasteiger partial charge in [0, 0.05) is 97.8 Å². The Kier molecular flexibility index (Phi) is 12.1. The van der Waals surface area contributed by atoms with Crippen molar-refractivity contribution >= 4 is 69.2 Å². The molecule has 1 unspecified atom stereocenters. The molecule has 0 bridgehead atoms. The van der Waals surface area contributed by atoms with Crippen molar-refractivity contribution in [1.29, 1.82) is 0 Å². The molecular weight excluding hydrogens is 886 g/mol. The zero-order valence-electron chi connectivity index (χ0n) is 36.6. The highest BCUT2D eigenvalue weighted by molar-refractivity contribution is 6.35. The van der Waals surface area contributed by atoms with Gasteiger partial charge in [-0.3, -0.25) is 39.5 Å². The first-order valence-electron chi connectivity index (χ1n) is 22.7. The van der Waals surface area contributed by atoms with Crippen LogP contribution < -0.4 is 20.3 Å². The Morgan fingerprint density at radius 3 is 2.36 bits per heavy atom. The summed E-state index contributed by atoms with van der Waals surface area (Å²) >= 11 is 12.7. The maximum absolute atomic E-state index is 15.2. The molecule has 0 radical (unpaired) electrons. The summed E-state index contributed by atoms with van der Waals surface area (Å²) < 4.78 is 21.5. The molecule has 0 saturated carbocycles. The van der Waals surface area contributed by atoms with Crippen molar-refractivity contribution in [3.8, 4) is 17.0 Å². The van der Waals surface area contributed by atoms with Crippen LogP contribution in [0, 0.1) is 17.2 Å². The van der Waals surface area contributed by atoms with Crippen LogP contribution in [-0.4, -0.2) is 123 Å². The van der Waals surface area contributed by atoms with Crippen LogP contribution in [0.5, 0.6) is 5.75 Å². The number of aromatic amines is 1. The molecule has 344 valence electrons. The van der Waals surface area contributed by atoms with Crippen LogP contribution in [0.3, 0.4) is 0 Å². The largest absolute Gasteiger partial charge is 0.486 e. The molecule has 3 N–H and O–H groups in total. The molecule has 10 rings (SSSR count). The van der Waals surface area contributed by atoms with E-state index in [1.54, 1.807) is 24.5 Å². The number of halogens is 3. The van der Waals surface area contributed by atoms with Crippen LogP contribution in [0.4, 0.5) is 15.9 Å². The topological polar surface area (TPSA) is 169 Å². The van der Waals surface area contributed by atoms with Crippen molar-refractivity contribution < 1.29 is 28.3 Å². The number of nitrogens with zero attached hydrogens (tertiary/aromatic N) is 7. The van der Waals surface area contributed by atoms with E-state index < -0.39 is 18.1 Å². The summed E-state index contributed by atoms with van der Waals surface area (Å²) in [5.74, 6) is 0.768. The molecule has 8 heterocycles. The number of piperidine rings is 3. The monoisotopic (exact) mass is 936 g/mol. The van der Waals surface area contributed by atoms with Crippen LogP contribution in [0.1, 0.15) is 68.6 Å². The van der Waals surface area contributed by atoms with Gasteiger partial charge in [0.2, 0.25) is 23.6 Å². The van der Waals surface area contributed by atoms with Crippen molar-refractivity contribution in [3.05, 3.63) is 94.1 Å². The first kappa shape index (κ1) is 44.0. The SMILES string of the molecule is C[C@@H](Oc1ccc2[nH]nc(-c3ccc(N4CC5(CN(C(=O)C6CCN(C(=O)CN7CCC(c8ccc(NC9CCC(=O)NC9=O)cc8F)CC7)CC6)C5)C4)nc3)c2c1)c1c(Cl)cncc1Cl. The number of imide groups is 1. The standard InChI is InChI=1S/C48H51Cl2FN10O5/c1-28(44-36(49)21-52-22-37(44)50)66-33-4-6-39-35(19-33)45(57-56-39)31-2-8-41(53-20-31)60-24-48(25-60)26-61(27-48)47(65)30-12-16-59(17-13-30)43(63)23-58-14-10-29(11-15-58)34-5-3-32(18-38(34)51)54-40-7-9-42(62)55-46(40)64/h2-6,8,18-22,28-30,40,54H,7,9-17,23-27H2,1H3,(H,56,57)(H,55,62,64)/t28-,40?/m1/s1. The number of nitrogens with one attached hydrogen (secondary N) is 3. The van der Waals surface area contributed by atoms with Crippen LogP contribution in [0.15, 0.2) is 67.1 Å². The van der Waals surface area contributed by atoms with Gasteiger partial charge in [-0.25, -0.2) is 9.37 Å². The highest BCUT2D eigenvalue weighted by atomic mass is 35.5. The number of hydrogen-bond acceptors (Lipinski definition) is 11. The van der Waals surface area contributed by atoms with E-state index in [2.05, 4.69) is 35.6 Å². The number of amides is 4. The molecule has 5 aromatic rings. The summed E-state index contributed by atoms with van der Waals surface area (Å²) in [5, 5.41) is 14.8. The summed E-state index contributed by atoms with van der Waals surface area (Å²) in [6.07, 6.45) is 7.97. The fraction of sp³-hybridized carbons (Fsp3) is 0.438. The second-order valence-corrected chi connectivity index (χ2v) is 19.4. The molecule has 0 aliphatic carbocycles. The number of pyridine rings is 2. The molecule has 5 saturated heterocycles. The minimum absolute atomic E-state index is 0.0394. The summed E-state index contributed by atoms with van der Waals surface area (Å²) in [6, 6.07) is 14.2. The van der Waals surface area contributed by atoms with E-state index in [4.69, 9.17) is 32.9 Å². The summed E-state index contributed by atoms with van der Waals surface area (Å²) in [6.45, 7) is 7.91. The van der Waals surface area contributed by atoms with Gasteiger partial charge in [-0.1, -0.05) is 29.3 Å². The van der Waals surface area contributed by atoms with E-state index in [9.17, 15) is 19.2 Å². The van der Waals surface area contributed by atoms with Crippen LogP contribution in [0.25, 0.3) is 22.2 Å². The third kappa shape index (κ3) is 8.90. The maximum Gasteiger partial charge on any atom is 0.249 e. The minimum Gasteiger partial charge on any atom is -0.486 e. The Morgan fingerprint density at radius 1 is 0.909 bits per heavy atom. The van der Waals surface area contributed by atoms with E-state index in [0.717, 1.165) is 67.0 Å². The number of carbonyl (C=O) groups excluding carboxylic acids is 4. The Morgan fingerprint density at radius 2 is 1.67 bits per heavy atom. The minimum atomic E-state index is -0.573. The molecule has 5 aliphatic rings. The number of fused-ring (bicyclic) bond motifs is 1. The fourth-order valence-electron chi connectivity index (χ4n) is 10.4. The third-order valence-electron chi connectivity index (χ3n) is 14.1. The number of carbonyl (C=O) groups is 4. The molecule has 1 spiro atoms. The van der Waals surface area contributed by atoms with E-state index in [1.807, 2.05) is 53.3 Å². The second-order valence-electron chi connectivity index (χ2n) is 18.6. The molecule has 5 fully saturated rings. The maximum atomic E-state index is 15.2. The summed E-state index contributed by atoms with van der Waals surface area (Å²) in [4.78, 5) is 67.6. The van der Waals surface area contributed by atoms with Crippen molar-refractivity contribution in [2.24, 2.45) is 11.3 Å². The first-order valence-corrected chi connectivity index (χ1v) is 23.5. The number of hydrogen-bond donors (Lipinski definition) is 3. The number of H-pyrrole nitrogens is 1. The zero-order valence-corrected chi connectivity index (χ0v) is 38.1. The van der Waals surface area contributed by atoms with Gasteiger partial charge in [0.25, 0.3) is 0 Å².